The van der Waals surface area contributed by atoms with Gasteiger partial charge in [0.2, 0.25) is 11.8 Å². The maximum absolute atomic E-state index is 14.4. The van der Waals surface area contributed by atoms with E-state index in [1.807, 2.05) is 13.0 Å². The van der Waals surface area contributed by atoms with Gasteiger partial charge in [-0.3, -0.25) is 9.88 Å². The zero-order valence-electron chi connectivity index (χ0n) is 21.6. The van der Waals surface area contributed by atoms with E-state index in [1.54, 1.807) is 47.2 Å². The Morgan fingerprint density at radius 2 is 2.00 bits per heavy atom. The topological polar surface area (TPSA) is 94.4 Å². The van der Waals surface area contributed by atoms with Crippen LogP contribution in [0.1, 0.15) is 59.4 Å². The number of carbonyl (C=O) groups is 1. The molecule has 0 radical (unpaired) electrons. The molecular formula is C29H27FN6O3. The van der Waals surface area contributed by atoms with Gasteiger partial charge in [0.15, 0.2) is 0 Å². The van der Waals surface area contributed by atoms with E-state index in [1.165, 1.54) is 6.07 Å². The van der Waals surface area contributed by atoms with Crippen LogP contribution < -0.4 is 19.7 Å². The van der Waals surface area contributed by atoms with Crippen LogP contribution in [0, 0.1) is 12.7 Å². The molecule has 39 heavy (non-hydrogen) atoms. The summed E-state index contributed by atoms with van der Waals surface area (Å²) in [6, 6.07) is 10.2. The van der Waals surface area contributed by atoms with E-state index in [4.69, 9.17) is 14.5 Å². The van der Waals surface area contributed by atoms with Crippen LogP contribution in [0.5, 0.6) is 17.5 Å². The van der Waals surface area contributed by atoms with Crippen LogP contribution in [0.3, 0.4) is 0 Å². The van der Waals surface area contributed by atoms with Crippen molar-refractivity contribution in [3.05, 3.63) is 82.7 Å². The van der Waals surface area contributed by atoms with Crippen molar-refractivity contribution in [3.8, 4) is 17.5 Å². The largest absolute Gasteiger partial charge is 0.484 e. The number of pyridine rings is 2. The number of nitrogens with one attached hydrogen (secondary N) is 1. The molecule has 0 spiro atoms. The minimum Gasteiger partial charge on any atom is -0.484 e. The highest BCUT2D eigenvalue weighted by molar-refractivity contribution is 6.05. The van der Waals surface area contributed by atoms with Crippen LogP contribution in [0.4, 0.5) is 20.6 Å². The summed E-state index contributed by atoms with van der Waals surface area (Å²) in [6.07, 6.45) is 6.24. The summed E-state index contributed by atoms with van der Waals surface area (Å²) >= 11 is 0. The fraction of sp³-hybridized carbons (Fsp3) is 0.310. The Morgan fingerprint density at radius 1 is 1.13 bits per heavy atom. The molecule has 5 heterocycles. The highest BCUT2D eigenvalue weighted by atomic mass is 19.1. The molecule has 1 unspecified atom stereocenters. The van der Waals surface area contributed by atoms with E-state index < -0.39 is 6.10 Å². The second kappa shape index (κ2) is 9.07. The summed E-state index contributed by atoms with van der Waals surface area (Å²) < 4.78 is 28.3. The van der Waals surface area contributed by atoms with Gasteiger partial charge in [-0.15, -0.1) is 0 Å². The van der Waals surface area contributed by atoms with Gasteiger partial charge in [0.05, 0.1) is 29.8 Å². The number of ether oxygens (including phenoxy) is 2. The molecule has 7 rings (SSSR count). The molecular weight excluding hydrogens is 499 g/mol. The van der Waals surface area contributed by atoms with Crippen molar-refractivity contribution >= 4 is 17.4 Å². The number of rotatable bonds is 5. The van der Waals surface area contributed by atoms with Crippen LogP contribution in [0.2, 0.25) is 0 Å². The zero-order chi connectivity index (χ0) is 26.7. The van der Waals surface area contributed by atoms with Crippen molar-refractivity contribution in [1.82, 2.24) is 19.7 Å². The number of urea groups is 1. The lowest BCUT2D eigenvalue weighted by molar-refractivity contribution is 0.167. The van der Waals surface area contributed by atoms with Crippen molar-refractivity contribution in [2.75, 3.05) is 10.2 Å². The third-order valence-electron chi connectivity index (χ3n) is 7.59. The summed E-state index contributed by atoms with van der Waals surface area (Å²) in [5, 5.41) is 7.21. The van der Waals surface area contributed by atoms with E-state index in [0.29, 0.717) is 47.8 Å². The Labute approximate surface area is 224 Å². The predicted octanol–water partition coefficient (Wildman–Crippen LogP) is 5.95. The molecule has 0 bridgehead atoms. The van der Waals surface area contributed by atoms with E-state index in [-0.39, 0.29) is 11.8 Å². The molecule has 3 aromatic heterocycles. The maximum atomic E-state index is 14.4. The fourth-order valence-corrected chi connectivity index (χ4v) is 5.43. The van der Waals surface area contributed by atoms with E-state index in [2.05, 4.69) is 21.5 Å². The second-order valence-corrected chi connectivity index (χ2v) is 10.3. The van der Waals surface area contributed by atoms with Crippen LogP contribution in [0.25, 0.3) is 0 Å². The molecule has 2 amide bonds. The van der Waals surface area contributed by atoms with Gasteiger partial charge in [-0.05, 0) is 55.9 Å². The number of hydrogen-bond donors (Lipinski definition) is 1. The lowest BCUT2D eigenvalue weighted by atomic mass is 9.96. The lowest BCUT2D eigenvalue weighted by Gasteiger charge is -2.33. The molecule has 1 fully saturated rings. The van der Waals surface area contributed by atoms with Gasteiger partial charge in [-0.1, -0.05) is 6.07 Å². The molecule has 1 atom stereocenters. The molecule has 1 saturated carbocycles. The van der Waals surface area contributed by atoms with E-state index >= 15 is 0 Å². The molecule has 10 heteroatoms. The number of halogens is 1. The molecule has 198 valence electrons. The molecule has 1 aliphatic carbocycles. The quantitative estimate of drug-likeness (QED) is 0.346. The molecule has 0 saturated heterocycles. The molecule has 4 aromatic rings. The van der Waals surface area contributed by atoms with Crippen LogP contribution in [0.15, 0.2) is 48.8 Å². The number of carbonyl (C=O) groups excluding carboxylic acids is 1. The first-order valence-corrected chi connectivity index (χ1v) is 13.1. The number of fused-ring (bicyclic) bond motifs is 2. The number of anilines is 2. The van der Waals surface area contributed by atoms with Gasteiger partial charge in [0.1, 0.15) is 23.4 Å². The van der Waals surface area contributed by atoms with Gasteiger partial charge in [-0.2, -0.15) is 5.10 Å². The molecule has 1 aromatic carbocycles. The highest BCUT2D eigenvalue weighted by Gasteiger charge is 2.35. The SMILES string of the molecule is Cc1cc2c(cc1N1Cc3c(cc(Oc4ccnn4C)nc3C3CC3)NC1=O)OC(c1ncccc1F)CC2. The lowest BCUT2D eigenvalue weighted by Crippen LogP contribution is -2.40. The first-order chi connectivity index (χ1) is 18.9. The number of amides is 2. The zero-order valence-corrected chi connectivity index (χ0v) is 21.6. The van der Waals surface area contributed by atoms with Crippen LogP contribution in [-0.4, -0.2) is 25.8 Å². The molecule has 3 aliphatic rings. The maximum Gasteiger partial charge on any atom is 0.326 e. The standard InChI is InChI=1S/C29H27FN6O3/c1-16-12-18-7-8-23(28-20(30)4-3-10-31-28)38-24(18)14-22(16)36-15-19-21(33-29(36)37)13-25(34-27(19)17-5-6-17)39-26-9-11-32-35(26)2/h3-4,9-14,17,23H,5-8,15H2,1-2H3,(H,33,37). The Hall–Kier alpha value is -4.47. The molecule has 9 nitrogen and oxygen atoms in total. The van der Waals surface area contributed by atoms with E-state index in [0.717, 1.165) is 47.3 Å². The third-order valence-corrected chi connectivity index (χ3v) is 7.59. The summed E-state index contributed by atoms with van der Waals surface area (Å²) in [6.45, 7) is 2.37. The van der Waals surface area contributed by atoms with Crippen LogP contribution >= 0.6 is 0 Å². The van der Waals surface area contributed by atoms with Crippen molar-refractivity contribution < 1.29 is 18.7 Å². The summed E-state index contributed by atoms with van der Waals surface area (Å²) in [5.74, 6) is 1.61. The first kappa shape index (κ1) is 23.6. The third kappa shape index (κ3) is 4.25. The average Bonchev–Trinajstić information content (AvgIpc) is 3.70. The Kier molecular flexibility index (Phi) is 5.50. The summed E-state index contributed by atoms with van der Waals surface area (Å²) in [7, 11) is 1.80. The monoisotopic (exact) mass is 526 g/mol. The van der Waals surface area contributed by atoms with Crippen molar-refractivity contribution in [2.24, 2.45) is 7.05 Å². The number of hydrogen-bond acceptors (Lipinski definition) is 6. The highest BCUT2D eigenvalue weighted by Crippen LogP contribution is 2.46. The number of aryl methyl sites for hydroxylation is 3. The van der Waals surface area contributed by atoms with Gasteiger partial charge in [0, 0.05) is 42.9 Å². The smallest absolute Gasteiger partial charge is 0.326 e. The predicted molar refractivity (Wildman–Crippen MR) is 142 cm³/mol. The molecule has 1 N–H and O–H groups in total. The second-order valence-electron chi connectivity index (χ2n) is 10.3. The summed E-state index contributed by atoms with van der Waals surface area (Å²) in [5.41, 5.74) is 5.71. The average molecular weight is 527 g/mol. The number of nitrogens with zero attached hydrogens (tertiary/aromatic N) is 5. The number of benzene rings is 1. The summed E-state index contributed by atoms with van der Waals surface area (Å²) in [4.78, 5) is 24.2. The number of aromatic nitrogens is 4. The first-order valence-electron chi connectivity index (χ1n) is 13.1. The van der Waals surface area contributed by atoms with Crippen molar-refractivity contribution in [3.63, 3.8) is 0 Å². The normalized spacial score (nSPS) is 18.2. The van der Waals surface area contributed by atoms with Crippen LogP contribution in [-0.2, 0) is 20.0 Å². The Bertz CT molecular complexity index is 1610. The van der Waals surface area contributed by atoms with Gasteiger partial charge >= 0.3 is 6.03 Å². The van der Waals surface area contributed by atoms with E-state index in [9.17, 15) is 9.18 Å². The minimum absolute atomic E-state index is 0.242. The Morgan fingerprint density at radius 3 is 2.77 bits per heavy atom. The van der Waals surface area contributed by atoms with Gasteiger partial charge in [0.25, 0.3) is 0 Å². The van der Waals surface area contributed by atoms with Gasteiger partial charge < -0.3 is 14.8 Å². The fourth-order valence-electron chi connectivity index (χ4n) is 5.43. The minimum atomic E-state index is -0.478. The molecule has 2 aliphatic heterocycles. The van der Waals surface area contributed by atoms with Gasteiger partial charge in [-0.25, -0.2) is 18.9 Å². The Balaban J connectivity index is 1.21. The van der Waals surface area contributed by atoms with Crippen molar-refractivity contribution in [2.45, 2.75) is 51.2 Å². The van der Waals surface area contributed by atoms with Crippen molar-refractivity contribution in [1.29, 1.82) is 0 Å².